The number of nitrogens with zero attached hydrogens (tertiary/aromatic N) is 4. The number of aromatic nitrogens is 2. The molecule has 0 aromatic carbocycles. The first-order chi connectivity index (χ1) is 14.0. The van der Waals surface area contributed by atoms with Gasteiger partial charge in [-0.3, -0.25) is 9.59 Å². The van der Waals surface area contributed by atoms with Crippen LogP contribution in [0, 0.1) is 6.92 Å². The van der Waals surface area contributed by atoms with Gasteiger partial charge in [-0.05, 0) is 30.9 Å². The highest BCUT2D eigenvalue weighted by Gasteiger charge is 2.27. The summed E-state index contributed by atoms with van der Waals surface area (Å²) in [7, 11) is 0. The van der Waals surface area contributed by atoms with Crippen molar-refractivity contribution in [3.8, 4) is 0 Å². The second-order valence-electron chi connectivity index (χ2n) is 7.14. The van der Waals surface area contributed by atoms with Crippen molar-refractivity contribution in [2.24, 2.45) is 0 Å². The van der Waals surface area contributed by atoms with Gasteiger partial charge in [0.1, 0.15) is 17.0 Å². The van der Waals surface area contributed by atoms with Gasteiger partial charge in [-0.25, -0.2) is 9.97 Å². The molecule has 1 aliphatic heterocycles. The van der Waals surface area contributed by atoms with Crippen LogP contribution in [-0.4, -0.2) is 57.8 Å². The van der Waals surface area contributed by atoms with Gasteiger partial charge in [0.15, 0.2) is 0 Å². The van der Waals surface area contributed by atoms with Gasteiger partial charge in [0.05, 0.1) is 16.3 Å². The highest BCUT2D eigenvalue weighted by Crippen LogP contribution is 2.35. The summed E-state index contributed by atoms with van der Waals surface area (Å²) in [5.74, 6) is 0.817. The molecule has 0 spiro atoms. The molecule has 1 atom stereocenters. The van der Waals surface area contributed by atoms with E-state index < -0.39 is 0 Å². The molecule has 0 bridgehead atoms. The number of carbonyl (C=O) groups excluding carboxylic acids is 2. The molecule has 4 rings (SSSR count). The number of hydrogen-bond acceptors (Lipinski definition) is 7. The van der Waals surface area contributed by atoms with E-state index >= 15 is 0 Å². The number of rotatable bonds is 4. The van der Waals surface area contributed by atoms with Crippen LogP contribution in [0.2, 0.25) is 0 Å². The van der Waals surface area contributed by atoms with Crippen molar-refractivity contribution in [3.63, 3.8) is 0 Å². The quantitative estimate of drug-likeness (QED) is 0.686. The molecule has 1 fully saturated rings. The molecule has 9 heteroatoms. The van der Waals surface area contributed by atoms with E-state index in [2.05, 4.69) is 33.7 Å². The molecule has 3 aromatic heterocycles. The van der Waals surface area contributed by atoms with Crippen molar-refractivity contribution in [2.45, 2.75) is 26.8 Å². The molecule has 1 N–H and O–H groups in total. The second-order valence-corrected chi connectivity index (χ2v) is 9.12. The molecule has 4 heterocycles. The van der Waals surface area contributed by atoms with Crippen molar-refractivity contribution in [1.29, 1.82) is 0 Å². The fraction of sp³-hybridized carbons (Fsp3) is 0.400. The number of fused-ring (bicyclic) bond motifs is 1. The van der Waals surface area contributed by atoms with Crippen LogP contribution in [-0.2, 0) is 4.79 Å². The Morgan fingerprint density at radius 1 is 1.17 bits per heavy atom. The van der Waals surface area contributed by atoms with Crippen LogP contribution < -0.4 is 5.32 Å². The van der Waals surface area contributed by atoms with Gasteiger partial charge < -0.3 is 15.1 Å². The molecule has 2 amide bonds. The Bertz CT molecular complexity index is 1040. The molecule has 0 saturated carbocycles. The number of hydrogen-bond donors (Lipinski definition) is 1. The van der Waals surface area contributed by atoms with E-state index in [0.717, 1.165) is 21.6 Å². The topological polar surface area (TPSA) is 78.4 Å². The third-order valence-electron chi connectivity index (χ3n) is 5.26. The fourth-order valence-electron chi connectivity index (χ4n) is 3.57. The maximum Gasteiger partial charge on any atom is 0.264 e. The molecule has 29 heavy (non-hydrogen) atoms. The summed E-state index contributed by atoms with van der Waals surface area (Å²) < 4.78 is 0. The van der Waals surface area contributed by atoms with Crippen LogP contribution in [0.1, 0.15) is 40.0 Å². The minimum atomic E-state index is 0.00552. The number of amides is 2. The smallest absolute Gasteiger partial charge is 0.264 e. The first kappa shape index (κ1) is 19.8. The molecule has 0 radical (unpaired) electrons. The molecule has 0 aliphatic carbocycles. The Balaban J connectivity index is 1.59. The minimum absolute atomic E-state index is 0.00552. The molecule has 152 valence electrons. The normalized spacial score (nSPS) is 15.6. The van der Waals surface area contributed by atoms with E-state index in [0.29, 0.717) is 31.1 Å². The largest absolute Gasteiger partial charge is 0.362 e. The first-order valence-corrected chi connectivity index (χ1v) is 11.2. The lowest BCUT2D eigenvalue weighted by atomic mass is 10.1. The van der Waals surface area contributed by atoms with E-state index in [1.807, 2.05) is 17.9 Å². The maximum atomic E-state index is 13.2. The fourth-order valence-corrected chi connectivity index (χ4v) is 5.42. The highest BCUT2D eigenvalue weighted by molar-refractivity contribution is 7.20. The van der Waals surface area contributed by atoms with Gasteiger partial charge in [-0.1, -0.05) is 6.07 Å². The van der Waals surface area contributed by atoms with Gasteiger partial charge in [-0.15, -0.1) is 22.7 Å². The highest BCUT2D eigenvalue weighted by atomic mass is 32.1. The number of anilines is 1. The summed E-state index contributed by atoms with van der Waals surface area (Å²) in [4.78, 5) is 39.9. The molecule has 3 aromatic rings. The summed E-state index contributed by atoms with van der Waals surface area (Å²) in [5.41, 5.74) is 0.908. The Morgan fingerprint density at radius 2 is 1.90 bits per heavy atom. The second kappa shape index (κ2) is 8.08. The van der Waals surface area contributed by atoms with Gasteiger partial charge in [0.2, 0.25) is 5.91 Å². The zero-order valence-corrected chi connectivity index (χ0v) is 18.3. The predicted octanol–water partition coefficient (Wildman–Crippen LogP) is 3.54. The molecule has 1 saturated heterocycles. The van der Waals surface area contributed by atoms with E-state index in [1.54, 1.807) is 29.5 Å². The lowest BCUT2D eigenvalue weighted by Gasteiger charge is -2.34. The molecule has 7 nitrogen and oxygen atoms in total. The standard InChI is InChI=1S/C20H23N5O2S2/c1-12-16-18(23-13(2)15-5-4-10-28-15)21-11-22-19(16)29-17(12)20(27)25-8-6-24(7-9-25)14(3)26/h4-5,10-11,13H,6-9H2,1-3H3,(H,21,22,23)/t13-/m0/s1. The van der Waals surface area contributed by atoms with Gasteiger partial charge in [0, 0.05) is 38.0 Å². The third-order valence-corrected chi connectivity index (χ3v) is 7.50. The first-order valence-electron chi connectivity index (χ1n) is 9.54. The Kier molecular flexibility index (Phi) is 5.51. The van der Waals surface area contributed by atoms with Crippen LogP contribution in [0.25, 0.3) is 10.2 Å². The predicted molar refractivity (Wildman–Crippen MR) is 117 cm³/mol. The molecular formula is C20H23N5O2S2. The summed E-state index contributed by atoms with van der Waals surface area (Å²) >= 11 is 3.11. The maximum absolute atomic E-state index is 13.2. The Labute approximate surface area is 177 Å². The van der Waals surface area contributed by atoms with Crippen molar-refractivity contribution in [3.05, 3.63) is 39.2 Å². The van der Waals surface area contributed by atoms with Crippen LogP contribution >= 0.6 is 22.7 Å². The summed E-state index contributed by atoms with van der Waals surface area (Å²) in [6.45, 7) is 7.89. The minimum Gasteiger partial charge on any atom is -0.362 e. The van der Waals surface area contributed by atoms with Crippen molar-refractivity contribution in [1.82, 2.24) is 19.8 Å². The number of thiophene rings is 2. The van der Waals surface area contributed by atoms with Crippen LogP contribution in [0.5, 0.6) is 0 Å². The van der Waals surface area contributed by atoms with E-state index in [9.17, 15) is 9.59 Å². The van der Waals surface area contributed by atoms with Crippen molar-refractivity contribution in [2.75, 3.05) is 31.5 Å². The van der Waals surface area contributed by atoms with Crippen molar-refractivity contribution >= 4 is 50.5 Å². The van der Waals surface area contributed by atoms with Crippen LogP contribution in [0.15, 0.2) is 23.8 Å². The third kappa shape index (κ3) is 3.84. The zero-order valence-electron chi connectivity index (χ0n) is 16.6. The molecular weight excluding hydrogens is 406 g/mol. The van der Waals surface area contributed by atoms with E-state index in [-0.39, 0.29) is 17.9 Å². The lowest BCUT2D eigenvalue weighted by Crippen LogP contribution is -2.50. The Morgan fingerprint density at radius 3 is 2.55 bits per heavy atom. The van der Waals surface area contributed by atoms with Crippen molar-refractivity contribution < 1.29 is 9.59 Å². The Hall–Kier alpha value is -2.52. The summed E-state index contributed by atoms with van der Waals surface area (Å²) in [6, 6.07) is 4.24. The summed E-state index contributed by atoms with van der Waals surface area (Å²) in [6.07, 6.45) is 1.54. The van der Waals surface area contributed by atoms with E-state index in [4.69, 9.17) is 0 Å². The van der Waals surface area contributed by atoms with E-state index in [1.165, 1.54) is 16.2 Å². The van der Waals surface area contributed by atoms with Gasteiger partial charge >= 0.3 is 0 Å². The van der Waals surface area contributed by atoms with Gasteiger partial charge in [0.25, 0.3) is 5.91 Å². The van der Waals surface area contributed by atoms with Gasteiger partial charge in [-0.2, -0.15) is 0 Å². The number of nitrogens with one attached hydrogen (secondary N) is 1. The molecule has 1 aliphatic rings. The SMILES string of the molecule is CC(=O)N1CCN(C(=O)c2sc3ncnc(N[C@@H](C)c4cccs4)c3c2C)CC1. The average Bonchev–Trinajstić information content (AvgIpc) is 3.36. The molecule has 0 unspecified atom stereocenters. The number of carbonyl (C=O) groups is 2. The lowest BCUT2D eigenvalue weighted by molar-refractivity contribution is -0.130. The number of aryl methyl sites for hydroxylation is 1. The monoisotopic (exact) mass is 429 g/mol. The van der Waals surface area contributed by atoms with Crippen LogP contribution in [0.4, 0.5) is 5.82 Å². The number of piperazine rings is 1. The van der Waals surface area contributed by atoms with Crippen LogP contribution in [0.3, 0.4) is 0 Å². The average molecular weight is 430 g/mol. The zero-order chi connectivity index (χ0) is 20.5. The summed E-state index contributed by atoms with van der Waals surface area (Å²) in [5, 5.41) is 6.44.